The lowest BCUT2D eigenvalue weighted by atomic mass is 10.2. The molecule has 4 heteroatoms. The molecular weight excluding hydrogens is 298 g/mol. The van der Waals surface area contributed by atoms with Crippen LogP contribution in [0.3, 0.4) is 0 Å². The molecule has 3 aromatic rings. The van der Waals surface area contributed by atoms with Gasteiger partial charge in [-0.15, -0.1) is 0 Å². The number of anilines is 3. The molecule has 1 amide bonds. The topological polar surface area (TPSA) is 45.2 Å². The van der Waals surface area contributed by atoms with Crippen molar-refractivity contribution in [3.63, 3.8) is 0 Å². The molecule has 0 bridgehead atoms. The van der Waals surface area contributed by atoms with Crippen LogP contribution in [0.4, 0.5) is 17.1 Å². The summed E-state index contributed by atoms with van der Waals surface area (Å²) in [5, 5.41) is 3.29. The van der Waals surface area contributed by atoms with Gasteiger partial charge in [-0.05, 0) is 43.3 Å². The zero-order valence-corrected chi connectivity index (χ0v) is 13.7. The highest BCUT2D eigenvalue weighted by Crippen LogP contribution is 2.19. The molecule has 3 rings (SSSR count). The van der Waals surface area contributed by atoms with E-state index in [1.165, 1.54) is 5.56 Å². The summed E-state index contributed by atoms with van der Waals surface area (Å²) in [5.74, 6) is -0.145. The Morgan fingerprint density at radius 3 is 2.38 bits per heavy atom. The van der Waals surface area contributed by atoms with Gasteiger partial charge in [0.2, 0.25) is 0 Å². The number of amides is 1. The first-order chi connectivity index (χ1) is 11.6. The summed E-state index contributed by atoms with van der Waals surface area (Å²) in [6, 6.07) is 21.2. The van der Waals surface area contributed by atoms with E-state index in [4.69, 9.17) is 0 Å². The Morgan fingerprint density at radius 1 is 0.958 bits per heavy atom. The highest BCUT2D eigenvalue weighted by molar-refractivity contribution is 6.04. The van der Waals surface area contributed by atoms with Gasteiger partial charge in [0.1, 0.15) is 5.69 Å². The number of carbonyl (C=O) groups is 1. The zero-order chi connectivity index (χ0) is 16.9. The van der Waals surface area contributed by atoms with Crippen molar-refractivity contribution in [2.45, 2.75) is 6.92 Å². The summed E-state index contributed by atoms with van der Waals surface area (Å²) in [6.45, 7) is 2.05. The minimum absolute atomic E-state index is 0.145. The van der Waals surface area contributed by atoms with Crippen LogP contribution in [0.2, 0.25) is 0 Å². The number of pyridine rings is 1. The molecule has 0 unspecified atom stereocenters. The molecule has 2 aromatic carbocycles. The molecular formula is C20H19N3O. The van der Waals surface area contributed by atoms with Crippen LogP contribution in [-0.2, 0) is 0 Å². The Hall–Kier alpha value is -3.14. The lowest BCUT2D eigenvalue weighted by molar-refractivity contribution is 0.0988. The molecule has 0 spiro atoms. The Labute approximate surface area is 141 Å². The van der Waals surface area contributed by atoms with E-state index in [1.54, 1.807) is 24.2 Å². The second-order valence-electron chi connectivity index (χ2n) is 5.62. The molecule has 0 saturated heterocycles. The van der Waals surface area contributed by atoms with E-state index < -0.39 is 0 Å². The second-order valence-corrected chi connectivity index (χ2v) is 5.62. The number of hydrogen-bond donors (Lipinski definition) is 1. The first kappa shape index (κ1) is 15.7. The lowest BCUT2D eigenvalue weighted by Gasteiger charge is -2.17. The zero-order valence-electron chi connectivity index (χ0n) is 13.7. The monoisotopic (exact) mass is 317 g/mol. The quantitative estimate of drug-likeness (QED) is 0.775. The minimum Gasteiger partial charge on any atom is -0.355 e. The van der Waals surface area contributed by atoms with Crippen LogP contribution in [0.25, 0.3) is 0 Å². The molecule has 0 saturated carbocycles. The second kappa shape index (κ2) is 6.96. The number of aromatic nitrogens is 1. The summed E-state index contributed by atoms with van der Waals surface area (Å²) in [4.78, 5) is 18.4. The van der Waals surface area contributed by atoms with E-state index in [1.807, 2.05) is 67.6 Å². The van der Waals surface area contributed by atoms with Crippen LogP contribution in [0.1, 0.15) is 16.1 Å². The van der Waals surface area contributed by atoms with E-state index in [-0.39, 0.29) is 5.91 Å². The van der Waals surface area contributed by atoms with Gasteiger partial charge in [0.15, 0.2) is 0 Å². The van der Waals surface area contributed by atoms with E-state index in [0.29, 0.717) is 5.69 Å². The SMILES string of the molecule is Cc1ccc(Nc2ccnc(C(=O)N(C)c3ccccc3)c2)cc1. The van der Waals surface area contributed by atoms with Gasteiger partial charge in [0, 0.05) is 30.3 Å². The molecule has 1 heterocycles. The van der Waals surface area contributed by atoms with Crippen molar-refractivity contribution in [3.05, 3.63) is 84.2 Å². The van der Waals surface area contributed by atoms with Crippen molar-refractivity contribution in [2.24, 2.45) is 0 Å². The normalized spacial score (nSPS) is 10.2. The van der Waals surface area contributed by atoms with E-state index >= 15 is 0 Å². The molecule has 0 fully saturated rings. The van der Waals surface area contributed by atoms with Gasteiger partial charge < -0.3 is 10.2 Å². The Balaban J connectivity index is 1.79. The lowest BCUT2D eigenvalue weighted by Crippen LogP contribution is -2.27. The van der Waals surface area contributed by atoms with Crippen LogP contribution in [0.15, 0.2) is 72.9 Å². The number of aryl methyl sites for hydroxylation is 1. The van der Waals surface area contributed by atoms with Crippen LogP contribution in [0.5, 0.6) is 0 Å². The fraction of sp³-hybridized carbons (Fsp3) is 0.100. The van der Waals surface area contributed by atoms with E-state index in [9.17, 15) is 4.79 Å². The summed E-state index contributed by atoms with van der Waals surface area (Å²) in [5.41, 5.74) is 4.25. The molecule has 1 aromatic heterocycles. The standard InChI is InChI=1S/C20H19N3O/c1-15-8-10-16(11-9-15)22-17-12-13-21-19(14-17)20(24)23(2)18-6-4-3-5-7-18/h3-14H,1-2H3,(H,21,22). The maximum absolute atomic E-state index is 12.6. The van der Waals surface area contributed by atoms with E-state index in [0.717, 1.165) is 17.1 Å². The smallest absolute Gasteiger partial charge is 0.276 e. The first-order valence-corrected chi connectivity index (χ1v) is 7.76. The van der Waals surface area contributed by atoms with E-state index in [2.05, 4.69) is 10.3 Å². The number of hydrogen-bond acceptors (Lipinski definition) is 3. The highest BCUT2D eigenvalue weighted by atomic mass is 16.2. The molecule has 0 aliphatic rings. The molecule has 0 aliphatic carbocycles. The molecule has 120 valence electrons. The van der Waals surface area contributed by atoms with Crippen LogP contribution in [-0.4, -0.2) is 17.9 Å². The number of para-hydroxylation sites is 1. The van der Waals surface area contributed by atoms with Gasteiger partial charge in [-0.25, -0.2) is 0 Å². The summed E-state index contributed by atoms with van der Waals surface area (Å²) in [6.07, 6.45) is 1.64. The van der Waals surface area contributed by atoms with Crippen LogP contribution in [0, 0.1) is 6.92 Å². The number of carbonyl (C=O) groups excluding carboxylic acids is 1. The molecule has 0 radical (unpaired) electrons. The third-order valence-corrected chi connectivity index (χ3v) is 3.77. The summed E-state index contributed by atoms with van der Waals surface area (Å²) in [7, 11) is 1.75. The molecule has 24 heavy (non-hydrogen) atoms. The van der Waals surface area contributed by atoms with Gasteiger partial charge in [-0.1, -0.05) is 35.9 Å². The molecule has 1 N–H and O–H groups in total. The first-order valence-electron chi connectivity index (χ1n) is 7.76. The molecule has 4 nitrogen and oxygen atoms in total. The average molecular weight is 317 g/mol. The maximum Gasteiger partial charge on any atom is 0.276 e. The van der Waals surface area contributed by atoms with Gasteiger partial charge in [0.05, 0.1) is 0 Å². The van der Waals surface area contributed by atoms with Crippen molar-refractivity contribution < 1.29 is 4.79 Å². The largest absolute Gasteiger partial charge is 0.355 e. The predicted octanol–water partition coefficient (Wildman–Crippen LogP) is 4.41. The van der Waals surface area contributed by atoms with Gasteiger partial charge in [-0.3, -0.25) is 9.78 Å². The summed E-state index contributed by atoms with van der Waals surface area (Å²) >= 11 is 0. The van der Waals surface area contributed by atoms with Crippen LogP contribution < -0.4 is 10.2 Å². The number of rotatable bonds is 4. The van der Waals surface area contributed by atoms with Gasteiger partial charge in [-0.2, -0.15) is 0 Å². The Bertz CT molecular complexity index is 829. The number of benzene rings is 2. The molecule has 0 atom stereocenters. The maximum atomic E-state index is 12.6. The predicted molar refractivity (Wildman–Crippen MR) is 97.9 cm³/mol. The number of nitrogens with one attached hydrogen (secondary N) is 1. The minimum atomic E-state index is -0.145. The fourth-order valence-corrected chi connectivity index (χ4v) is 2.37. The molecule has 0 aliphatic heterocycles. The van der Waals surface area contributed by atoms with Crippen molar-refractivity contribution in [1.29, 1.82) is 0 Å². The number of nitrogens with zero attached hydrogens (tertiary/aromatic N) is 2. The van der Waals surface area contributed by atoms with Crippen LogP contribution >= 0.6 is 0 Å². The van der Waals surface area contributed by atoms with Crippen molar-refractivity contribution in [1.82, 2.24) is 4.98 Å². The van der Waals surface area contributed by atoms with Gasteiger partial charge >= 0.3 is 0 Å². The van der Waals surface area contributed by atoms with Gasteiger partial charge in [0.25, 0.3) is 5.91 Å². The Kier molecular flexibility index (Phi) is 4.57. The summed E-state index contributed by atoms with van der Waals surface area (Å²) < 4.78 is 0. The third kappa shape index (κ3) is 3.60. The van der Waals surface area contributed by atoms with Crippen molar-refractivity contribution in [3.8, 4) is 0 Å². The van der Waals surface area contributed by atoms with Crippen molar-refractivity contribution in [2.75, 3.05) is 17.3 Å². The fourth-order valence-electron chi connectivity index (χ4n) is 2.37. The average Bonchev–Trinajstić information content (AvgIpc) is 2.63. The Morgan fingerprint density at radius 2 is 1.67 bits per heavy atom. The third-order valence-electron chi connectivity index (χ3n) is 3.77. The highest BCUT2D eigenvalue weighted by Gasteiger charge is 2.15. The van der Waals surface area contributed by atoms with Crippen molar-refractivity contribution >= 4 is 23.0 Å².